The number of nitrogens with zero attached hydrogens (tertiary/aromatic N) is 2. The molecule has 5 heteroatoms. The molecule has 0 bridgehead atoms. The zero-order chi connectivity index (χ0) is 12.1. The Hall–Kier alpha value is -0.970. The van der Waals surface area contributed by atoms with Crippen LogP contribution >= 0.6 is 22.9 Å². The molecule has 0 saturated carbocycles. The second-order valence-corrected chi connectivity index (χ2v) is 4.98. The molecule has 0 amide bonds. The number of thiophene rings is 1. The van der Waals surface area contributed by atoms with E-state index in [0.717, 1.165) is 28.7 Å². The van der Waals surface area contributed by atoms with Crippen molar-refractivity contribution < 1.29 is 0 Å². The number of hydrogen-bond acceptors (Lipinski definition) is 4. The van der Waals surface area contributed by atoms with Crippen LogP contribution < -0.4 is 5.32 Å². The van der Waals surface area contributed by atoms with Gasteiger partial charge in [0.05, 0.1) is 5.02 Å². The van der Waals surface area contributed by atoms with E-state index < -0.39 is 0 Å². The SMILES string of the molecule is CCCNC(c1ncccn1)c1sccc1Cl. The van der Waals surface area contributed by atoms with Crippen LogP contribution in [0.5, 0.6) is 0 Å². The van der Waals surface area contributed by atoms with Crippen LogP contribution in [0.2, 0.25) is 5.02 Å². The van der Waals surface area contributed by atoms with Gasteiger partial charge in [-0.15, -0.1) is 11.3 Å². The average molecular weight is 268 g/mol. The van der Waals surface area contributed by atoms with Crippen molar-refractivity contribution in [3.63, 3.8) is 0 Å². The summed E-state index contributed by atoms with van der Waals surface area (Å²) >= 11 is 7.81. The highest BCUT2D eigenvalue weighted by atomic mass is 35.5. The van der Waals surface area contributed by atoms with Crippen molar-refractivity contribution in [3.05, 3.63) is 45.6 Å². The lowest BCUT2D eigenvalue weighted by Crippen LogP contribution is -2.24. The zero-order valence-electron chi connectivity index (χ0n) is 9.56. The van der Waals surface area contributed by atoms with E-state index in [2.05, 4.69) is 22.2 Å². The van der Waals surface area contributed by atoms with Crippen LogP contribution in [0.1, 0.15) is 30.1 Å². The van der Waals surface area contributed by atoms with Crippen molar-refractivity contribution in [1.29, 1.82) is 0 Å². The first-order valence-corrected chi connectivity index (χ1v) is 6.82. The minimum Gasteiger partial charge on any atom is -0.303 e. The van der Waals surface area contributed by atoms with Crippen molar-refractivity contribution in [3.8, 4) is 0 Å². The molecule has 0 aromatic carbocycles. The summed E-state index contributed by atoms with van der Waals surface area (Å²) < 4.78 is 0. The lowest BCUT2D eigenvalue weighted by Gasteiger charge is -2.16. The first kappa shape index (κ1) is 12.5. The Kier molecular flexibility index (Phi) is 4.48. The molecule has 2 aromatic heterocycles. The Labute approximate surface area is 110 Å². The molecule has 0 aliphatic rings. The number of halogens is 1. The molecule has 0 fully saturated rings. The third-order valence-electron chi connectivity index (χ3n) is 2.35. The summed E-state index contributed by atoms with van der Waals surface area (Å²) in [6.07, 6.45) is 4.57. The topological polar surface area (TPSA) is 37.8 Å². The van der Waals surface area contributed by atoms with E-state index in [-0.39, 0.29) is 6.04 Å². The van der Waals surface area contributed by atoms with Crippen LogP contribution in [-0.4, -0.2) is 16.5 Å². The molecule has 0 spiro atoms. The summed E-state index contributed by atoms with van der Waals surface area (Å²) in [6.45, 7) is 3.04. The highest BCUT2D eigenvalue weighted by Crippen LogP contribution is 2.31. The first-order valence-electron chi connectivity index (χ1n) is 5.56. The highest BCUT2D eigenvalue weighted by molar-refractivity contribution is 7.10. The van der Waals surface area contributed by atoms with Crippen molar-refractivity contribution >= 4 is 22.9 Å². The van der Waals surface area contributed by atoms with Crippen LogP contribution in [0.25, 0.3) is 0 Å². The summed E-state index contributed by atoms with van der Waals surface area (Å²) in [5, 5.41) is 6.19. The second-order valence-electron chi connectivity index (χ2n) is 3.63. The summed E-state index contributed by atoms with van der Waals surface area (Å²) in [5.41, 5.74) is 0. The molecule has 3 nitrogen and oxygen atoms in total. The largest absolute Gasteiger partial charge is 0.303 e. The molecule has 1 unspecified atom stereocenters. The van der Waals surface area contributed by atoms with Gasteiger partial charge in [0.1, 0.15) is 11.9 Å². The van der Waals surface area contributed by atoms with Gasteiger partial charge in [0.25, 0.3) is 0 Å². The molecule has 2 aromatic rings. The molecular formula is C12H14ClN3S. The lowest BCUT2D eigenvalue weighted by molar-refractivity contribution is 0.579. The Balaban J connectivity index is 2.29. The maximum atomic E-state index is 6.18. The fourth-order valence-corrected chi connectivity index (χ4v) is 2.80. The number of rotatable bonds is 5. The van der Waals surface area contributed by atoms with E-state index in [4.69, 9.17) is 11.6 Å². The van der Waals surface area contributed by atoms with Crippen molar-refractivity contribution in [2.75, 3.05) is 6.54 Å². The van der Waals surface area contributed by atoms with E-state index in [1.807, 2.05) is 17.5 Å². The standard InChI is InChI=1S/C12H14ClN3S/c1-2-5-14-10(11-9(13)4-8-17-11)12-15-6-3-7-16-12/h3-4,6-8,10,14H,2,5H2,1H3. The predicted molar refractivity (Wildman–Crippen MR) is 71.5 cm³/mol. The van der Waals surface area contributed by atoms with E-state index in [1.54, 1.807) is 23.7 Å². The van der Waals surface area contributed by atoms with Crippen LogP contribution in [0.15, 0.2) is 29.9 Å². The monoisotopic (exact) mass is 267 g/mol. The molecular weight excluding hydrogens is 254 g/mol. The van der Waals surface area contributed by atoms with Gasteiger partial charge in [0.15, 0.2) is 0 Å². The van der Waals surface area contributed by atoms with Gasteiger partial charge in [-0.3, -0.25) is 0 Å². The molecule has 90 valence electrons. The molecule has 0 aliphatic heterocycles. The number of hydrogen-bond donors (Lipinski definition) is 1. The summed E-state index contributed by atoms with van der Waals surface area (Å²) in [6, 6.07) is 3.71. The number of nitrogens with one attached hydrogen (secondary N) is 1. The Morgan fingerprint density at radius 1 is 1.41 bits per heavy atom. The van der Waals surface area contributed by atoms with Gasteiger partial charge in [-0.25, -0.2) is 9.97 Å². The fraction of sp³-hybridized carbons (Fsp3) is 0.333. The first-order chi connectivity index (χ1) is 8.33. The predicted octanol–water partition coefficient (Wildman–Crippen LogP) is 3.28. The fourth-order valence-electron chi connectivity index (χ4n) is 1.56. The van der Waals surface area contributed by atoms with Gasteiger partial charge in [0, 0.05) is 17.3 Å². The van der Waals surface area contributed by atoms with Gasteiger partial charge in [0.2, 0.25) is 0 Å². The summed E-state index contributed by atoms with van der Waals surface area (Å²) in [5.74, 6) is 0.769. The summed E-state index contributed by atoms with van der Waals surface area (Å²) in [4.78, 5) is 9.68. The Morgan fingerprint density at radius 3 is 2.76 bits per heavy atom. The molecule has 2 rings (SSSR count). The van der Waals surface area contributed by atoms with Gasteiger partial charge < -0.3 is 5.32 Å². The Morgan fingerprint density at radius 2 is 2.18 bits per heavy atom. The third kappa shape index (κ3) is 3.03. The molecule has 0 radical (unpaired) electrons. The van der Waals surface area contributed by atoms with E-state index in [1.165, 1.54) is 0 Å². The Bertz CT molecular complexity index is 458. The molecule has 1 N–H and O–H groups in total. The lowest BCUT2D eigenvalue weighted by atomic mass is 10.2. The zero-order valence-corrected chi connectivity index (χ0v) is 11.1. The third-order valence-corrected chi connectivity index (χ3v) is 3.77. The van der Waals surface area contributed by atoms with Crippen LogP contribution in [-0.2, 0) is 0 Å². The van der Waals surface area contributed by atoms with Gasteiger partial charge >= 0.3 is 0 Å². The van der Waals surface area contributed by atoms with Crippen LogP contribution in [0.4, 0.5) is 0 Å². The molecule has 1 atom stereocenters. The van der Waals surface area contributed by atoms with Crippen LogP contribution in [0.3, 0.4) is 0 Å². The molecule has 0 aliphatic carbocycles. The maximum Gasteiger partial charge on any atom is 0.150 e. The second kappa shape index (κ2) is 6.10. The summed E-state index contributed by atoms with van der Waals surface area (Å²) in [7, 11) is 0. The molecule has 0 saturated heterocycles. The number of aromatic nitrogens is 2. The molecule has 17 heavy (non-hydrogen) atoms. The van der Waals surface area contributed by atoms with Crippen molar-refractivity contribution in [1.82, 2.24) is 15.3 Å². The minimum absolute atomic E-state index is 0.0105. The molecule has 2 heterocycles. The van der Waals surface area contributed by atoms with Crippen molar-refractivity contribution in [2.45, 2.75) is 19.4 Å². The normalized spacial score (nSPS) is 12.6. The smallest absolute Gasteiger partial charge is 0.150 e. The minimum atomic E-state index is -0.0105. The van der Waals surface area contributed by atoms with Gasteiger partial charge in [-0.1, -0.05) is 18.5 Å². The van der Waals surface area contributed by atoms with Gasteiger partial charge in [-0.2, -0.15) is 0 Å². The van der Waals surface area contributed by atoms with Gasteiger partial charge in [-0.05, 0) is 30.5 Å². The highest BCUT2D eigenvalue weighted by Gasteiger charge is 2.19. The van der Waals surface area contributed by atoms with E-state index >= 15 is 0 Å². The van der Waals surface area contributed by atoms with E-state index in [9.17, 15) is 0 Å². The van der Waals surface area contributed by atoms with Crippen LogP contribution in [0, 0.1) is 0 Å². The maximum absolute atomic E-state index is 6.18. The van der Waals surface area contributed by atoms with Crippen molar-refractivity contribution in [2.24, 2.45) is 0 Å². The average Bonchev–Trinajstić information content (AvgIpc) is 2.78. The van der Waals surface area contributed by atoms with E-state index in [0.29, 0.717) is 0 Å². The quantitative estimate of drug-likeness (QED) is 0.903.